The Bertz CT molecular complexity index is 923. The van der Waals surface area contributed by atoms with Crippen molar-refractivity contribution >= 4 is 33.5 Å². The first-order chi connectivity index (χ1) is 12.0. The summed E-state index contributed by atoms with van der Waals surface area (Å²) in [5.74, 6) is 0.765. The zero-order chi connectivity index (χ0) is 18.0. The quantitative estimate of drug-likeness (QED) is 0.458. The van der Waals surface area contributed by atoms with Gasteiger partial charge in [-0.1, -0.05) is 58.0 Å². The smallest absolute Gasteiger partial charge is 0.209 e. The minimum Gasteiger partial charge on any atom is -0.293 e. The lowest BCUT2D eigenvalue weighted by Gasteiger charge is -2.09. The lowest BCUT2D eigenvalue weighted by Crippen LogP contribution is -2.14. The number of rotatable bonds is 5. The summed E-state index contributed by atoms with van der Waals surface area (Å²) in [6.07, 6.45) is 0. The molecule has 0 aliphatic carbocycles. The molecule has 1 atom stereocenters. The van der Waals surface area contributed by atoms with E-state index in [9.17, 15) is 4.79 Å². The van der Waals surface area contributed by atoms with Gasteiger partial charge in [0.15, 0.2) is 11.6 Å². The number of carbonyl (C=O) groups excluding carboxylic acids is 1. The van der Waals surface area contributed by atoms with Crippen LogP contribution >= 0.6 is 27.7 Å². The molecule has 0 fully saturated rings. The Labute approximate surface area is 159 Å². The molecule has 1 heterocycles. The van der Waals surface area contributed by atoms with Crippen molar-refractivity contribution in [2.75, 3.05) is 0 Å². The number of halogens is 1. The van der Waals surface area contributed by atoms with Gasteiger partial charge in [0, 0.05) is 15.6 Å². The number of hydrogen-bond acceptors (Lipinski definition) is 4. The van der Waals surface area contributed by atoms with Gasteiger partial charge in [-0.25, -0.2) is 4.98 Å². The second kappa shape index (κ2) is 7.54. The number of thioether (sulfide) groups is 1. The van der Waals surface area contributed by atoms with Gasteiger partial charge in [0.1, 0.15) is 0 Å². The number of ketones is 1. The van der Waals surface area contributed by atoms with Gasteiger partial charge in [-0.2, -0.15) is 0 Å². The van der Waals surface area contributed by atoms with Crippen molar-refractivity contribution in [3.8, 4) is 11.4 Å². The Hall–Kier alpha value is -1.92. The van der Waals surface area contributed by atoms with Crippen LogP contribution in [0.2, 0.25) is 0 Å². The van der Waals surface area contributed by atoms with Crippen molar-refractivity contribution in [2.45, 2.75) is 31.2 Å². The third kappa shape index (κ3) is 4.02. The Morgan fingerprint density at radius 3 is 2.64 bits per heavy atom. The number of aryl methyl sites for hydroxylation is 2. The zero-order valence-corrected chi connectivity index (χ0v) is 16.6. The number of nitrogens with one attached hydrogen (secondary N) is 1. The molecule has 6 heteroatoms. The van der Waals surface area contributed by atoms with Crippen molar-refractivity contribution in [3.63, 3.8) is 0 Å². The second-order valence-electron chi connectivity index (χ2n) is 5.87. The summed E-state index contributed by atoms with van der Waals surface area (Å²) in [6, 6.07) is 13.6. The minimum absolute atomic E-state index is 0.0836. The summed E-state index contributed by atoms with van der Waals surface area (Å²) in [7, 11) is 0. The van der Waals surface area contributed by atoms with Gasteiger partial charge < -0.3 is 0 Å². The number of nitrogens with zero attached hydrogens (tertiary/aromatic N) is 2. The monoisotopic (exact) mass is 415 g/mol. The molecule has 3 rings (SSSR count). The fraction of sp³-hybridized carbons (Fsp3) is 0.211. The van der Waals surface area contributed by atoms with Gasteiger partial charge in [0.25, 0.3) is 0 Å². The molecule has 0 saturated heterocycles. The first-order valence-electron chi connectivity index (χ1n) is 7.91. The lowest BCUT2D eigenvalue weighted by atomic mass is 10.0. The number of benzene rings is 2. The van der Waals surface area contributed by atoms with Gasteiger partial charge in [0.05, 0.1) is 5.25 Å². The third-order valence-electron chi connectivity index (χ3n) is 4.04. The van der Waals surface area contributed by atoms with Crippen molar-refractivity contribution in [2.24, 2.45) is 0 Å². The van der Waals surface area contributed by atoms with Crippen LogP contribution < -0.4 is 0 Å². The summed E-state index contributed by atoms with van der Waals surface area (Å²) in [6.45, 7) is 5.94. The molecule has 0 radical (unpaired) electrons. The van der Waals surface area contributed by atoms with Crippen LogP contribution in [0, 0.1) is 13.8 Å². The maximum atomic E-state index is 12.6. The second-order valence-corrected chi connectivity index (χ2v) is 8.03. The van der Waals surface area contributed by atoms with Crippen LogP contribution in [0.3, 0.4) is 0 Å². The average Bonchev–Trinajstić information content (AvgIpc) is 3.05. The Morgan fingerprint density at radius 1 is 1.16 bits per heavy atom. The summed E-state index contributed by atoms with van der Waals surface area (Å²) >= 11 is 4.87. The Morgan fingerprint density at radius 2 is 1.92 bits per heavy atom. The van der Waals surface area contributed by atoms with E-state index in [0.29, 0.717) is 11.0 Å². The maximum Gasteiger partial charge on any atom is 0.209 e. The molecule has 0 aliphatic rings. The number of aromatic amines is 1. The molecular formula is C19H18BrN3OS. The van der Waals surface area contributed by atoms with Gasteiger partial charge in [0.2, 0.25) is 5.16 Å². The highest BCUT2D eigenvalue weighted by Gasteiger charge is 2.19. The van der Waals surface area contributed by atoms with E-state index in [-0.39, 0.29) is 11.0 Å². The summed E-state index contributed by atoms with van der Waals surface area (Å²) in [4.78, 5) is 17.2. The van der Waals surface area contributed by atoms with E-state index in [1.165, 1.54) is 17.3 Å². The molecule has 0 saturated carbocycles. The highest BCUT2D eigenvalue weighted by atomic mass is 79.9. The first-order valence-corrected chi connectivity index (χ1v) is 9.58. The molecule has 0 amide bonds. The zero-order valence-electron chi connectivity index (χ0n) is 14.2. The number of carbonyl (C=O) groups is 1. The maximum absolute atomic E-state index is 12.6. The van der Waals surface area contributed by atoms with Crippen LogP contribution in [0.5, 0.6) is 0 Å². The molecule has 3 aromatic rings. The molecular weight excluding hydrogens is 398 g/mol. The molecule has 1 aromatic heterocycles. The van der Waals surface area contributed by atoms with Crippen LogP contribution in [0.4, 0.5) is 0 Å². The molecule has 1 N–H and O–H groups in total. The van der Waals surface area contributed by atoms with Gasteiger partial charge in [-0.05, 0) is 44.0 Å². The van der Waals surface area contributed by atoms with Crippen LogP contribution in [0.15, 0.2) is 52.1 Å². The number of H-pyrrole nitrogens is 1. The topological polar surface area (TPSA) is 58.6 Å². The number of hydrogen-bond donors (Lipinski definition) is 1. The lowest BCUT2D eigenvalue weighted by molar-refractivity contribution is 0.0994. The normalized spacial score (nSPS) is 12.2. The fourth-order valence-corrected chi connectivity index (χ4v) is 3.69. The van der Waals surface area contributed by atoms with E-state index in [0.717, 1.165) is 21.2 Å². The Balaban J connectivity index is 1.75. The fourth-order valence-electron chi connectivity index (χ4n) is 2.41. The van der Waals surface area contributed by atoms with Gasteiger partial charge in [-0.3, -0.25) is 9.89 Å². The molecule has 0 spiro atoms. The highest BCUT2D eigenvalue weighted by Crippen LogP contribution is 2.28. The standard InChI is InChI=1S/C19H18BrN3OS/c1-11-8-9-14(10-12(11)2)17(24)13(3)25-19-21-18(22-23-19)15-6-4-5-7-16(15)20/h4-10,13H,1-3H3,(H,21,22,23)/t13-/m0/s1. The third-order valence-corrected chi connectivity index (χ3v) is 5.69. The molecule has 25 heavy (non-hydrogen) atoms. The number of Topliss-reactive ketones (excluding diaryl/α,β-unsaturated/α-hetero) is 1. The SMILES string of the molecule is Cc1ccc(C(=O)[C@H](C)Sc2n[nH]c(-c3ccccc3Br)n2)cc1C. The molecule has 0 bridgehead atoms. The van der Waals surface area contributed by atoms with Gasteiger partial charge in [-0.15, -0.1) is 5.10 Å². The van der Waals surface area contributed by atoms with E-state index < -0.39 is 0 Å². The molecule has 0 aliphatic heterocycles. The molecule has 128 valence electrons. The van der Waals surface area contributed by atoms with Crippen LogP contribution in [0.1, 0.15) is 28.4 Å². The molecule has 4 nitrogen and oxygen atoms in total. The van der Waals surface area contributed by atoms with Crippen LogP contribution in [-0.2, 0) is 0 Å². The van der Waals surface area contributed by atoms with Crippen molar-refractivity contribution in [1.29, 1.82) is 0 Å². The number of aromatic nitrogens is 3. The Kier molecular flexibility index (Phi) is 5.39. The van der Waals surface area contributed by atoms with Crippen molar-refractivity contribution < 1.29 is 4.79 Å². The first kappa shape index (κ1) is 17.9. The van der Waals surface area contributed by atoms with E-state index in [2.05, 4.69) is 31.1 Å². The molecule has 0 unspecified atom stereocenters. The van der Waals surface area contributed by atoms with Crippen LogP contribution in [-0.4, -0.2) is 26.2 Å². The average molecular weight is 416 g/mol. The van der Waals surface area contributed by atoms with Crippen molar-refractivity contribution in [1.82, 2.24) is 15.2 Å². The predicted octanol–water partition coefficient (Wildman–Crippen LogP) is 5.21. The van der Waals surface area contributed by atoms with E-state index in [4.69, 9.17) is 0 Å². The van der Waals surface area contributed by atoms with Gasteiger partial charge >= 0.3 is 0 Å². The van der Waals surface area contributed by atoms with E-state index >= 15 is 0 Å². The largest absolute Gasteiger partial charge is 0.293 e. The summed E-state index contributed by atoms with van der Waals surface area (Å²) in [5.41, 5.74) is 3.97. The predicted molar refractivity (Wildman–Crippen MR) is 105 cm³/mol. The van der Waals surface area contributed by atoms with E-state index in [1.807, 2.05) is 63.2 Å². The minimum atomic E-state index is -0.259. The highest BCUT2D eigenvalue weighted by molar-refractivity contribution is 9.10. The summed E-state index contributed by atoms with van der Waals surface area (Å²) < 4.78 is 0.946. The molecule has 2 aromatic carbocycles. The van der Waals surface area contributed by atoms with Crippen molar-refractivity contribution in [3.05, 3.63) is 63.6 Å². The van der Waals surface area contributed by atoms with Crippen LogP contribution in [0.25, 0.3) is 11.4 Å². The van der Waals surface area contributed by atoms with E-state index in [1.54, 1.807) is 0 Å². The summed E-state index contributed by atoms with van der Waals surface area (Å²) in [5, 5.41) is 7.48.